The summed E-state index contributed by atoms with van der Waals surface area (Å²) in [7, 11) is 0. The first-order chi connectivity index (χ1) is 9.28. The van der Waals surface area contributed by atoms with Crippen molar-refractivity contribution in [3.05, 3.63) is 29.8 Å². The lowest BCUT2D eigenvalue weighted by Crippen LogP contribution is -2.41. The summed E-state index contributed by atoms with van der Waals surface area (Å²) in [5.74, 6) is 1.69. The average Bonchev–Trinajstić information content (AvgIpc) is 3.26. The molecule has 1 heterocycles. The smallest absolute Gasteiger partial charge is 0.0412 e. The third-order valence-electron chi connectivity index (χ3n) is 4.72. The van der Waals surface area contributed by atoms with Crippen LogP contribution in [0.2, 0.25) is 0 Å². The van der Waals surface area contributed by atoms with Crippen LogP contribution < -0.4 is 10.2 Å². The molecule has 2 nitrogen and oxygen atoms in total. The van der Waals surface area contributed by atoms with Gasteiger partial charge in [0, 0.05) is 31.4 Å². The van der Waals surface area contributed by atoms with Gasteiger partial charge in [-0.15, -0.1) is 0 Å². The van der Waals surface area contributed by atoms with Gasteiger partial charge in [-0.05, 0) is 36.3 Å². The quantitative estimate of drug-likeness (QED) is 0.890. The topological polar surface area (TPSA) is 15.3 Å². The molecule has 0 bridgehead atoms. The Hall–Kier alpha value is -1.02. The van der Waals surface area contributed by atoms with E-state index in [2.05, 4.69) is 48.3 Å². The lowest BCUT2D eigenvalue weighted by molar-refractivity contribution is 0.450. The molecule has 2 aliphatic rings. The summed E-state index contributed by atoms with van der Waals surface area (Å²) in [6, 6.07) is 9.62. The molecule has 1 fully saturated rings. The summed E-state index contributed by atoms with van der Waals surface area (Å²) >= 11 is 0. The summed E-state index contributed by atoms with van der Waals surface area (Å²) in [5, 5.41) is 3.78. The Morgan fingerprint density at radius 1 is 1.32 bits per heavy atom. The molecule has 0 radical (unpaired) electrons. The Morgan fingerprint density at radius 3 is 2.84 bits per heavy atom. The first-order valence-corrected chi connectivity index (χ1v) is 7.84. The van der Waals surface area contributed by atoms with E-state index in [1.54, 1.807) is 0 Å². The highest BCUT2D eigenvalue weighted by Crippen LogP contribution is 2.36. The second kappa shape index (κ2) is 5.54. The molecule has 1 aliphatic carbocycles. The van der Waals surface area contributed by atoms with E-state index in [-0.39, 0.29) is 0 Å². The molecule has 1 aromatic carbocycles. The molecule has 104 valence electrons. The maximum Gasteiger partial charge on any atom is 0.0412 e. The van der Waals surface area contributed by atoms with Gasteiger partial charge in [-0.2, -0.15) is 0 Å². The molecule has 1 N–H and O–H groups in total. The highest BCUT2D eigenvalue weighted by molar-refractivity contribution is 5.54. The fourth-order valence-electron chi connectivity index (χ4n) is 3.10. The summed E-state index contributed by atoms with van der Waals surface area (Å²) in [6.07, 6.45) is 4.11. The molecule has 1 aromatic rings. The monoisotopic (exact) mass is 258 g/mol. The first kappa shape index (κ1) is 13.0. The van der Waals surface area contributed by atoms with E-state index < -0.39 is 0 Å². The van der Waals surface area contributed by atoms with Crippen LogP contribution in [0.3, 0.4) is 0 Å². The minimum atomic E-state index is 0.691. The van der Waals surface area contributed by atoms with Crippen LogP contribution in [0.15, 0.2) is 24.3 Å². The van der Waals surface area contributed by atoms with Gasteiger partial charge in [-0.3, -0.25) is 0 Å². The molecule has 0 amide bonds. The van der Waals surface area contributed by atoms with Crippen molar-refractivity contribution in [3.8, 4) is 0 Å². The molecular weight excluding hydrogens is 232 g/mol. The van der Waals surface area contributed by atoms with Gasteiger partial charge in [-0.25, -0.2) is 0 Å². The lowest BCUT2D eigenvalue weighted by Gasteiger charge is -2.30. The number of hydrogen-bond acceptors (Lipinski definition) is 2. The van der Waals surface area contributed by atoms with Crippen molar-refractivity contribution in [1.82, 2.24) is 5.32 Å². The Morgan fingerprint density at radius 2 is 2.11 bits per heavy atom. The second-order valence-electron chi connectivity index (χ2n) is 6.37. The Labute approximate surface area is 117 Å². The molecule has 0 aromatic heterocycles. The van der Waals surface area contributed by atoms with Gasteiger partial charge in [0.2, 0.25) is 0 Å². The summed E-state index contributed by atoms with van der Waals surface area (Å²) in [6.45, 7) is 8.08. The molecular formula is C17H26N2. The van der Waals surface area contributed by atoms with Crippen molar-refractivity contribution >= 4 is 5.69 Å². The van der Waals surface area contributed by atoms with Crippen molar-refractivity contribution in [2.75, 3.05) is 18.0 Å². The summed E-state index contributed by atoms with van der Waals surface area (Å²) < 4.78 is 0. The second-order valence-corrected chi connectivity index (χ2v) is 6.37. The Balaban J connectivity index is 1.82. The van der Waals surface area contributed by atoms with Crippen LogP contribution in [0.25, 0.3) is 0 Å². The van der Waals surface area contributed by atoms with Crippen LogP contribution in [0, 0.1) is 11.8 Å². The van der Waals surface area contributed by atoms with Crippen molar-refractivity contribution < 1.29 is 0 Å². The fraction of sp³-hybridized carbons (Fsp3) is 0.647. The SMILES string of the molecule is CCC(C)CN1CC(C2CC2)NCc2ccccc21. The number of fused-ring (bicyclic) bond motifs is 1. The van der Waals surface area contributed by atoms with Crippen LogP contribution in [0.4, 0.5) is 5.69 Å². The van der Waals surface area contributed by atoms with Gasteiger partial charge >= 0.3 is 0 Å². The van der Waals surface area contributed by atoms with E-state index in [0.29, 0.717) is 6.04 Å². The van der Waals surface area contributed by atoms with E-state index in [1.807, 2.05) is 0 Å². The number of anilines is 1. The zero-order chi connectivity index (χ0) is 13.2. The minimum Gasteiger partial charge on any atom is -0.369 e. The molecule has 1 aliphatic heterocycles. The average molecular weight is 258 g/mol. The molecule has 1 saturated carbocycles. The van der Waals surface area contributed by atoms with Gasteiger partial charge in [0.1, 0.15) is 0 Å². The van der Waals surface area contributed by atoms with E-state index in [0.717, 1.165) is 18.4 Å². The number of hydrogen-bond donors (Lipinski definition) is 1. The Bertz CT molecular complexity index is 425. The van der Waals surface area contributed by atoms with Crippen LogP contribution in [0.1, 0.15) is 38.7 Å². The van der Waals surface area contributed by atoms with Crippen molar-refractivity contribution in [3.63, 3.8) is 0 Å². The number of nitrogens with zero attached hydrogens (tertiary/aromatic N) is 1. The maximum absolute atomic E-state index is 3.78. The zero-order valence-electron chi connectivity index (χ0n) is 12.2. The van der Waals surface area contributed by atoms with Crippen LogP contribution in [-0.2, 0) is 6.54 Å². The van der Waals surface area contributed by atoms with E-state index >= 15 is 0 Å². The predicted molar refractivity (Wildman–Crippen MR) is 81.5 cm³/mol. The van der Waals surface area contributed by atoms with Gasteiger partial charge in [0.25, 0.3) is 0 Å². The number of rotatable bonds is 4. The van der Waals surface area contributed by atoms with E-state index in [1.165, 1.54) is 43.6 Å². The molecule has 0 saturated heterocycles. The van der Waals surface area contributed by atoms with Crippen LogP contribution >= 0.6 is 0 Å². The maximum atomic E-state index is 3.78. The van der Waals surface area contributed by atoms with Gasteiger partial charge in [0.15, 0.2) is 0 Å². The highest BCUT2D eigenvalue weighted by Gasteiger charge is 2.34. The third kappa shape index (κ3) is 2.94. The van der Waals surface area contributed by atoms with Gasteiger partial charge in [0.05, 0.1) is 0 Å². The van der Waals surface area contributed by atoms with Crippen LogP contribution in [0.5, 0.6) is 0 Å². The van der Waals surface area contributed by atoms with E-state index in [9.17, 15) is 0 Å². The number of para-hydroxylation sites is 1. The molecule has 3 rings (SSSR count). The standard InChI is InChI=1S/C17H26N2/c1-3-13(2)11-19-12-16(14-8-9-14)18-10-15-6-4-5-7-17(15)19/h4-7,13-14,16,18H,3,8-12H2,1-2H3. The van der Waals surface area contributed by atoms with Crippen molar-refractivity contribution in [2.45, 2.75) is 45.7 Å². The molecule has 2 atom stereocenters. The lowest BCUT2D eigenvalue weighted by atomic mass is 10.1. The summed E-state index contributed by atoms with van der Waals surface area (Å²) in [4.78, 5) is 2.63. The van der Waals surface area contributed by atoms with Crippen molar-refractivity contribution in [1.29, 1.82) is 0 Å². The molecule has 0 spiro atoms. The van der Waals surface area contributed by atoms with Crippen molar-refractivity contribution in [2.24, 2.45) is 11.8 Å². The molecule has 2 unspecified atom stereocenters. The Kier molecular flexibility index (Phi) is 3.79. The van der Waals surface area contributed by atoms with Gasteiger partial charge < -0.3 is 10.2 Å². The number of benzene rings is 1. The third-order valence-corrected chi connectivity index (χ3v) is 4.72. The largest absolute Gasteiger partial charge is 0.369 e. The minimum absolute atomic E-state index is 0.691. The number of nitrogens with one attached hydrogen (secondary N) is 1. The van der Waals surface area contributed by atoms with Gasteiger partial charge in [-0.1, -0.05) is 38.5 Å². The predicted octanol–water partition coefficient (Wildman–Crippen LogP) is 3.42. The summed E-state index contributed by atoms with van der Waals surface area (Å²) in [5.41, 5.74) is 2.92. The van der Waals surface area contributed by atoms with Crippen LogP contribution in [-0.4, -0.2) is 19.1 Å². The first-order valence-electron chi connectivity index (χ1n) is 7.84. The normalized spacial score (nSPS) is 24.7. The van der Waals surface area contributed by atoms with E-state index in [4.69, 9.17) is 0 Å². The molecule has 19 heavy (non-hydrogen) atoms. The highest BCUT2D eigenvalue weighted by atomic mass is 15.2. The zero-order valence-corrected chi connectivity index (χ0v) is 12.2. The molecule has 2 heteroatoms. The fourth-order valence-corrected chi connectivity index (χ4v) is 3.10.